The number of hydrogen-bond acceptors (Lipinski definition) is 6. The Hall–Kier alpha value is -2.38. The van der Waals surface area contributed by atoms with Crippen molar-refractivity contribution in [2.45, 2.75) is 46.6 Å². The van der Waals surface area contributed by atoms with Gasteiger partial charge in [0, 0.05) is 11.9 Å². The molecule has 8 nitrogen and oxygen atoms in total. The lowest BCUT2D eigenvalue weighted by Gasteiger charge is -2.34. The molecule has 2 aromatic heterocycles. The number of anilines is 1. The number of carbonyl (C=O) groups is 1. The zero-order valence-electron chi connectivity index (χ0n) is 13.7. The third-order valence-electron chi connectivity index (χ3n) is 4.32. The van der Waals surface area contributed by atoms with E-state index in [1.54, 1.807) is 0 Å². The zero-order valence-corrected chi connectivity index (χ0v) is 13.7. The topological polar surface area (TPSA) is 98.5 Å². The minimum absolute atomic E-state index is 0.0412. The summed E-state index contributed by atoms with van der Waals surface area (Å²) in [4.78, 5) is 20.7. The maximum absolute atomic E-state index is 11.9. The van der Waals surface area contributed by atoms with Crippen LogP contribution in [0.3, 0.4) is 0 Å². The van der Waals surface area contributed by atoms with E-state index in [-0.39, 0.29) is 17.9 Å². The molecule has 0 aromatic carbocycles. The van der Waals surface area contributed by atoms with Crippen LogP contribution in [-0.4, -0.2) is 36.1 Å². The van der Waals surface area contributed by atoms with Crippen LogP contribution in [0.15, 0.2) is 12.5 Å². The summed E-state index contributed by atoms with van der Waals surface area (Å²) in [6.45, 7) is 6.87. The van der Waals surface area contributed by atoms with E-state index in [9.17, 15) is 4.79 Å². The first-order valence-corrected chi connectivity index (χ1v) is 7.77. The molecule has 0 bridgehead atoms. The molecule has 0 radical (unpaired) electrons. The van der Waals surface area contributed by atoms with Crippen LogP contribution in [-0.2, 0) is 24.2 Å². The number of aryl methyl sites for hydroxylation is 1. The number of hydrogen-bond donors (Lipinski definition) is 1. The Bertz CT molecular complexity index is 690. The van der Waals surface area contributed by atoms with Gasteiger partial charge in [-0.05, 0) is 46.6 Å². The number of nitrogens with zero attached hydrogens (tertiary/aromatic N) is 6. The van der Waals surface area contributed by atoms with Crippen molar-refractivity contribution in [3.63, 3.8) is 0 Å². The van der Waals surface area contributed by atoms with Gasteiger partial charge in [0.25, 0.3) is 0 Å². The first-order chi connectivity index (χ1) is 10.9. The predicted molar refractivity (Wildman–Crippen MR) is 83.4 cm³/mol. The number of carbonyl (C=O) groups excluding carboxylic acids is 1. The Labute approximate surface area is 134 Å². The van der Waals surface area contributed by atoms with E-state index < -0.39 is 0 Å². The van der Waals surface area contributed by atoms with Crippen LogP contribution in [0, 0.1) is 11.3 Å². The summed E-state index contributed by atoms with van der Waals surface area (Å²) in [5.74, 6) is 0.732. The fourth-order valence-electron chi connectivity index (χ4n) is 2.87. The molecule has 1 unspecified atom stereocenters. The highest BCUT2D eigenvalue weighted by Gasteiger charge is 2.29. The van der Waals surface area contributed by atoms with E-state index in [0.717, 1.165) is 25.0 Å². The largest absolute Gasteiger partial charge is 0.293 e. The second-order valence-electron chi connectivity index (χ2n) is 7.03. The highest BCUT2D eigenvalue weighted by atomic mass is 16.2. The summed E-state index contributed by atoms with van der Waals surface area (Å²) < 4.78 is 1.35. The van der Waals surface area contributed by atoms with Gasteiger partial charge < -0.3 is 0 Å². The molecule has 0 aliphatic heterocycles. The van der Waals surface area contributed by atoms with Crippen molar-refractivity contribution in [1.82, 2.24) is 30.2 Å². The minimum atomic E-state index is -0.249. The van der Waals surface area contributed by atoms with E-state index in [4.69, 9.17) is 0 Å². The number of amides is 1. The molecular formula is C15H21N7O. The molecule has 0 fully saturated rings. The summed E-state index contributed by atoms with van der Waals surface area (Å²) in [6, 6.07) is 0. The summed E-state index contributed by atoms with van der Waals surface area (Å²) in [5.41, 5.74) is 2.52. The van der Waals surface area contributed by atoms with Crippen molar-refractivity contribution in [3.8, 4) is 0 Å². The van der Waals surface area contributed by atoms with Gasteiger partial charge in [-0.15, -0.1) is 5.10 Å². The van der Waals surface area contributed by atoms with Gasteiger partial charge in [-0.3, -0.25) is 10.1 Å². The molecule has 122 valence electrons. The predicted octanol–water partition coefficient (Wildman–Crippen LogP) is 1.25. The number of fused-ring (bicyclic) bond motifs is 1. The van der Waals surface area contributed by atoms with Crippen LogP contribution >= 0.6 is 0 Å². The molecule has 1 aliphatic carbocycles. The zero-order chi connectivity index (χ0) is 16.4. The standard InChI is InChI=1S/C15H21N7O/c1-15(2,3)11-4-5-12-10(6-11)7-16-14(18-12)19-13(23)8-22-9-17-20-21-22/h7,9,11H,4-6,8H2,1-3H3,(H,16,18,19,23). The second kappa shape index (κ2) is 6.02. The SMILES string of the molecule is CC(C)(C)C1CCc2nc(NC(=O)Cn3cnnn3)ncc2C1. The quantitative estimate of drug-likeness (QED) is 0.915. The average molecular weight is 315 g/mol. The molecule has 0 saturated carbocycles. The molecule has 8 heteroatoms. The van der Waals surface area contributed by atoms with Crippen molar-refractivity contribution in [1.29, 1.82) is 0 Å². The van der Waals surface area contributed by atoms with Crippen LogP contribution in [0.25, 0.3) is 0 Å². The monoisotopic (exact) mass is 315 g/mol. The first kappa shape index (κ1) is 15.5. The minimum Gasteiger partial charge on any atom is -0.293 e. The smallest absolute Gasteiger partial charge is 0.248 e. The molecule has 0 saturated heterocycles. The van der Waals surface area contributed by atoms with E-state index >= 15 is 0 Å². The van der Waals surface area contributed by atoms with Gasteiger partial charge >= 0.3 is 0 Å². The van der Waals surface area contributed by atoms with Gasteiger partial charge in [0.1, 0.15) is 12.9 Å². The molecule has 23 heavy (non-hydrogen) atoms. The summed E-state index contributed by atoms with van der Waals surface area (Å²) >= 11 is 0. The van der Waals surface area contributed by atoms with Crippen molar-refractivity contribution in [2.75, 3.05) is 5.32 Å². The molecule has 0 spiro atoms. The average Bonchev–Trinajstić information content (AvgIpc) is 2.98. The van der Waals surface area contributed by atoms with Crippen LogP contribution < -0.4 is 5.32 Å². The Morgan fingerprint density at radius 3 is 2.96 bits per heavy atom. The maximum Gasteiger partial charge on any atom is 0.248 e. The van der Waals surface area contributed by atoms with Gasteiger partial charge in [0.05, 0.1) is 0 Å². The Balaban J connectivity index is 1.66. The van der Waals surface area contributed by atoms with E-state index in [1.165, 1.54) is 16.6 Å². The van der Waals surface area contributed by atoms with Crippen molar-refractivity contribution in [2.24, 2.45) is 11.3 Å². The number of aromatic nitrogens is 6. The lowest BCUT2D eigenvalue weighted by molar-refractivity contribution is -0.117. The normalized spacial score (nSPS) is 17.6. The Kier molecular flexibility index (Phi) is 4.06. The summed E-state index contributed by atoms with van der Waals surface area (Å²) in [6.07, 6.45) is 6.27. The number of rotatable bonds is 3. The van der Waals surface area contributed by atoms with Crippen LogP contribution in [0.4, 0.5) is 5.95 Å². The highest BCUT2D eigenvalue weighted by Crippen LogP contribution is 2.36. The lowest BCUT2D eigenvalue weighted by atomic mass is 9.72. The molecule has 3 rings (SSSR count). The summed E-state index contributed by atoms with van der Waals surface area (Å²) in [5, 5.41) is 13.3. The molecule has 2 heterocycles. The van der Waals surface area contributed by atoms with Gasteiger partial charge in [-0.2, -0.15) is 0 Å². The van der Waals surface area contributed by atoms with Crippen LogP contribution in [0.1, 0.15) is 38.4 Å². The summed E-state index contributed by atoms with van der Waals surface area (Å²) in [7, 11) is 0. The van der Waals surface area contributed by atoms with Gasteiger partial charge in [-0.1, -0.05) is 20.8 Å². The molecule has 1 atom stereocenters. The number of nitrogens with one attached hydrogen (secondary N) is 1. The third kappa shape index (κ3) is 3.69. The molecular weight excluding hydrogens is 294 g/mol. The van der Waals surface area contributed by atoms with Gasteiger partial charge in [0.15, 0.2) is 0 Å². The van der Waals surface area contributed by atoms with Crippen molar-refractivity contribution >= 4 is 11.9 Å². The van der Waals surface area contributed by atoms with Gasteiger partial charge in [0.2, 0.25) is 11.9 Å². The molecule has 1 N–H and O–H groups in total. The number of tetrazole rings is 1. The van der Waals surface area contributed by atoms with Crippen LogP contribution in [0.5, 0.6) is 0 Å². The molecule has 1 aliphatic rings. The highest BCUT2D eigenvalue weighted by molar-refractivity contribution is 5.88. The second-order valence-corrected chi connectivity index (χ2v) is 7.03. The molecule has 2 aromatic rings. The van der Waals surface area contributed by atoms with Crippen molar-refractivity contribution in [3.05, 3.63) is 23.8 Å². The first-order valence-electron chi connectivity index (χ1n) is 7.77. The van der Waals surface area contributed by atoms with Crippen LogP contribution in [0.2, 0.25) is 0 Å². The Morgan fingerprint density at radius 2 is 2.26 bits per heavy atom. The van der Waals surface area contributed by atoms with Gasteiger partial charge in [-0.25, -0.2) is 14.6 Å². The van der Waals surface area contributed by atoms with E-state index in [0.29, 0.717) is 11.9 Å². The van der Waals surface area contributed by atoms with E-state index in [1.807, 2.05) is 6.20 Å². The van der Waals surface area contributed by atoms with Crippen molar-refractivity contribution < 1.29 is 4.79 Å². The maximum atomic E-state index is 11.9. The van der Waals surface area contributed by atoms with E-state index in [2.05, 4.69) is 51.6 Å². The molecule has 1 amide bonds. The fourth-order valence-corrected chi connectivity index (χ4v) is 2.87. The Morgan fingerprint density at radius 1 is 1.43 bits per heavy atom. The fraction of sp³-hybridized carbons (Fsp3) is 0.600. The lowest BCUT2D eigenvalue weighted by Crippen LogP contribution is -2.28. The third-order valence-corrected chi connectivity index (χ3v) is 4.32.